The van der Waals surface area contributed by atoms with Crippen LogP contribution in [0.4, 0.5) is 11.9 Å². The number of nitrogens with zero attached hydrogens (tertiary/aromatic N) is 4. The number of fused-ring (bicyclic) bond motifs is 1. The molecule has 0 radical (unpaired) electrons. The summed E-state index contributed by atoms with van der Waals surface area (Å²) < 4.78 is 13.2. The number of nitrogens with one attached hydrogen (secondary N) is 2. The molecule has 176 valence electrons. The molecule has 0 bridgehead atoms. The van der Waals surface area contributed by atoms with Gasteiger partial charge in [-0.15, -0.1) is 0 Å². The maximum atomic E-state index is 5.89. The highest BCUT2D eigenvalue weighted by atomic mass is 16.5. The van der Waals surface area contributed by atoms with E-state index in [1.54, 1.807) is 4.52 Å². The number of para-hydroxylation sites is 1. The van der Waals surface area contributed by atoms with Gasteiger partial charge in [-0.2, -0.15) is 19.6 Å². The smallest absolute Gasteiger partial charge is 0.229 e. The summed E-state index contributed by atoms with van der Waals surface area (Å²) >= 11 is 0. The van der Waals surface area contributed by atoms with Gasteiger partial charge in [0.15, 0.2) is 5.65 Å². The van der Waals surface area contributed by atoms with Crippen LogP contribution in [0.5, 0.6) is 11.5 Å². The lowest BCUT2D eigenvalue weighted by molar-refractivity contribution is 0.0903. The fourth-order valence-electron chi connectivity index (χ4n) is 3.99. The Labute approximate surface area is 199 Å². The molecule has 0 saturated carbocycles. The van der Waals surface area contributed by atoms with Crippen LogP contribution in [0.3, 0.4) is 0 Å². The maximum absolute atomic E-state index is 5.89. The molecule has 3 heterocycles. The van der Waals surface area contributed by atoms with Crippen molar-refractivity contribution in [3.8, 4) is 11.5 Å². The highest BCUT2D eigenvalue weighted by molar-refractivity contribution is 5.56. The van der Waals surface area contributed by atoms with Gasteiger partial charge in [-0.05, 0) is 48.6 Å². The zero-order valence-corrected chi connectivity index (χ0v) is 19.6. The highest BCUT2D eigenvalue weighted by Gasteiger charge is 2.19. The van der Waals surface area contributed by atoms with Crippen molar-refractivity contribution in [3.05, 3.63) is 71.9 Å². The number of benzene rings is 2. The molecule has 1 aliphatic heterocycles. The zero-order chi connectivity index (χ0) is 23.3. The lowest BCUT2D eigenvalue weighted by atomic mass is 10.1. The van der Waals surface area contributed by atoms with Crippen LogP contribution < -0.4 is 15.4 Å². The molecule has 2 aromatic heterocycles. The van der Waals surface area contributed by atoms with E-state index in [-0.39, 0.29) is 0 Å². The van der Waals surface area contributed by atoms with Crippen molar-refractivity contribution in [2.45, 2.75) is 45.2 Å². The molecule has 34 heavy (non-hydrogen) atoms. The number of ether oxygens (including phenoxy) is 2. The third kappa shape index (κ3) is 5.12. The van der Waals surface area contributed by atoms with Crippen LogP contribution >= 0.6 is 0 Å². The Morgan fingerprint density at radius 2 is 1.74 bits per heavy atom. The molecule has 1 fully saturated rings. The van der Waals surface area contributed by atoms with Gasteiger partial charge in [0.1, 0.15) is 11.5 Å². The van der Waals surface area contributed by atoms with Gasteiger partial charge >= 0.3 is 0 Å². The third-order valence-corrected chi connectivity index (χ3v) is 5.92. The lowest BCUT2D eigenvalue weighted by Gasteiger charge is -2.23. The topological polar surface area (TPSA) is 85.6 Å². The molecular formula is C26H30N6O2. The van der Waals surface area contributed by atoms with Crippen LogP contribution in [-0.2, 0) is 11.3 Å². The first-order valence-electron chi connectivity index (χ1n) is 11.8. The van der Waals surface area contributed by atoms with Gasteiger partial charge in [0.25, 0.3) is 0 Å². The number of anilines is 2. The molecule has 1 saturated heterocycles. The molecule has 8 heteroatoms. The van der Waals surface area contributed by atoms with E-state index in [9.17, 15) is 0 Å². The van der Waals surface area contributed by atoms with Crippen LogP contribution in [-0.4, -0.2) is 38.8 Å². The van der Waals surface area contributed by atoms with E-state index < -0.39 is 0 Å². The minimum Gasteiger partial charge on any atom is -0.457 e. The molecule has 1 aliphatic rings. The Bertz CT molecular complexity index is 1220. The van der Waals surface area contributed by atoms with Crippen LogP contribution in [0.25, 0.3) is 5.65 Å². The van der Waals surface area contributed by atoms with Crippen molar-refractivity contribution in [2.75, 3.05) is 23.8 Å². The number of hydrogen-bond acceptors (Lipinski definition) is 7. The molecule has 0 atom stereocenters. The molecule has 2 aromatic carbocycles. The van der Waals surface area contributed by atoms with E-state index in [0.717, 1.165) is 54.3 Å². The summed E-state index contributed by atoms with van der Waals surface area (Å²) in [6.45, 7) is 6.43. The summed E-state index contributed by atoms with van der Waals surface area (Å²) in [4.78, 5) is 9.56. The van der Waals surface area contributed by atoms with E-state index in [0.29, 0.717) is 30.4 Å². The van der Waals surface area contributed by atoms with Gasteiger partial charge in [0.05, 0.1) is 6.20 Å². The van der Waals surface area contributed by atoms with Crippen molar-refractivity contribution in [1.29, 1.82) is 0 Å². The molecule has 2 N–H and O–H groups in total. The average Bonchev–Trinajstić information content (AvgIpc) is 3.29. The zero-order valence-electron chi connectivity index (χ0n) is 19.6. The second-order valence-electron chi connectivity index (χ2n) is 8.80. The van der Waals surface area contributed by atoms with Gasteiger partial charge < -0.3 is 20.1 Å². The first-order valence-corrected chi connectivity index (χ1v) is 11.8. The molecular weight excluding hydrogens is 428 g/mol. The van der Waals surface area contributed by atoms with Crippen molar-refractivity contribution < 1.29 is 9.47 Å². The Balaban J connectivity index is 1.33. The number of hydrogen-bond donors (Lipinski definition) is 2. The molecule has 0 amide bonds. The summed E-state index contributed by atoms with van der Waals surface area (Å²) in [5.74, 6) is 3.22. The SMILES string of the molecule is CC(C)c1cnn2c(NCc3ccc(Oc4ccccc4)cc3)nc(NC3CCOCC3)nc12. The fraction of sp³-hybridized carbons (Fsp3) is 0.346. The highest BCUT2D eigenvalue weighted by Crippen LogP contribution is 2.24. The standard InChI is InChI=1S/C26H30N6O2/c1-18(2)23-17-28-32-24(23)30-25(29-20-12-14-33-15-13-20)31-26(32)27-16-19-8-10-22(11-9-19)34-21-6-4-3-5-7-21/h3-11,17-18,20H,12-16H2,1-2H3,(H2,27,29,30,31). The monoisotopic (exact) mass is 458 g/mol. The lowest BCUT2D eigenvalue weighted by Crippen LogP contribution is -2.29. The molecule has 0 unspecified atom stereocenters. The Hall–Kier alpha value is -3.65. The summed E-state index contributed by atoms with van der Waals surface area (Å²) in [5, 5.41) is 11.5. The van der Waals surface area contributed by atoms with E-state index in [1.165, 1.54) is 0 Å². The fourth-order valence-corrected chi connectivity index (χ4v) is 3.99. The van der Waals surface area contributed by atoms with Crippen LogP contribution in [0.15, 0.2) is 60.8 Å². The first kappa shape index (κ1) is 22.2. The normalized spacial score (nSPS) is 14.4. The molecule has 4 aromatic rings. The second kappa shape index (κ2) is 10.1. The first-order chi connectivity index (χ1) is 16.7. The Morgan fingerprint density at radius 1 is 1.00 bits per heavy atom. The minimum absolute atomic E-state index is 0.312. The van der Waals surface area contributed by atoms with E-state index in [4.69, 9.17) is 19.4 Å². The minimum atomic E-state index is 0.312. The number of rotatable bonds is 8. The van der Waals surface area contributed by atoms with Crippen molar-refractivity contribution in [2.24, 2.45) is 0 Å². The predicted octanol–water partition coefficient (Wildman–Crippen LogP) is 5.24. The summed E-state index contributed by atoms with van der Waals surface area (Å²) in [5.41, 5.74) is 3.04. The van der Waals surface area contributed by atoms with E-state index >= 15 is 0 Å². The Morgan fingerprint density at radius 3 is 2.47 bits per heavy atom. The maximum Gasteiger partial charge on any atom is 0.229 e. The summed E-state index contributed by atoms with van der Waals surface area (Å²) in [6.07, 6.45) is 3.78. The van der Waals surface area contributed by atoms with Crippen molar-refractivity contribution >= 4 is 17.5 Å². The number of aromatic nitrogens is 4. The van der Waals surface area contributed by atoms with Crippen LogP contribution in [0.1, 0.15) is 43.7 Å². The van der Waals surface area contributed by atoms with Gasteiger partial charge in [0, 0.05) is 31.4 Å². The quantitative estimate of drug-likeness (QED) is 0.373. The Kier molecular flexibility index (Phi) is 6.58. The van der Waals surface area contributed by atoms with E-state index in [1.807, 2.05) is 60.8 Å². The predicted molar refractivity (Wildman–Crippen MR) is 133 cm³/mol. The summed E-state index contributed by atoms with van der Waals surface area (Å²) in [7, 11) is 0. The summed E-state index contributed by atoms with van der Waals surface area (Å²) in [6, 6.07) is 18.1. The average molecular weight is 459 g/mol. The van der Waals surface area contributed by atoms with Gasteiger partial charge in [0.2, 0.25) is 11.9 Å². The largest absolute Gasteiger partial charge is 0.457 e. The van der Waals surface area contributed by atoms with Crippen LogP contribution in [0, 0.1) is 0 Å². The van der Waals surface area contributed by atoms with E-state index in [2.05, 4.69) is 29.6 Å². The second-order valence-corrected chi connectivity index (χ2v) is 8.80. The van der Waals surface area contributed by atoms with Gasteiger partial charge in [-0.3, -0.25) is 0 Å². The van der Waals surface area contributed by atoms with Crippen molar-refractivity contribution in [1.82, 2.24) is 19.6 Å². The molecule has 8 nitrogen and oxygen atoms in total. The van der Waals surface area contributed by atoms with Crippen molar-refractivity contribution in [3.63, 3.8) is 0 Å². The third-order valence-electron chi connectivity index (χ3n) is 5.92. The molecule has 0 spiro atoms. The van der Waals surface area contributed by atoms with Gasteiger partial charge in [-0.25, -0.2) is 0 Å². The molecule has 0 aliphatic carbocycles. The van der Waals surface area contributed by atoms with Gasteiger partial charge in [-0.1, -0.05) is 44.2 Å². The van der Waals surface area contributed by atoms with Crippen LogP contribution in [0.2, 0.25) is 0 Å². The molecule has 5 rings (SSSR count).